The Balaban J connectivity index is 1.79. The van der Waals surface area contributed by atoms with E-state index in [1.807, 2.05) is 42.5 Å². The van der Waals surface area contributed by atoms with Crippen LogP contribution in [0, 0.1) is 0 Å². The molecule has 160 valence electrons. The second-order valence-electron chi connectivity index (χ2n) is 6.72. The van der Waals surface area contributed by atoms with E-state index in [2.05, 4.69) is 20.6 Å². The maximum absolute atomic E-state index is 12.1. The Morgan fingerprint density at radius 3 is 2.61 bits per heavy atom. The highest BCUT2D eigenvalue weighted by Crippen LogP contribution is 2.22. The van der Waals surface area contributed by atoms with Gasteiger partial charge in [-0.05, 0) is 23.8 Å². The lowest BCUT2D eigenvalue weighted by molar-refractivity contribution is -0.121. The van der Waals surface area contributed by atoms with Gasteiger partial charge in [-0.3, -0.25) is 9.59 Å². The van der Waals surface area contributed by atoms with E-state index in [1.165, 1.54) is 18.2 Å². The fourth-order valence-electron chi connectivity index (χ4n) is 2.82. The molecule has 2 aromatic carbocycles. The summed E-state index contributed by atoms with van der Waals surface area (Å²) in [5.74, 6) is -0.183. The Hall–Kier alpha value is -3.98. The zero-order valence-electron chi connectivity index (χ0n) is 17.3. The number of ether oxygens (including phenoxy) is 1. The van der Waals surface area contributed by atoms with Crippen molar-refractivity contribution in [2.24, 2.45) is 5.73 Å². The van der Waals surface area contributed by atoms with E-state index in [0.717, 1.165) is 5.56 Å². The molecule has 9 nitrogen and oxygen atoms in total. The second-order valence-corrected chi connectivity index (χ2v) is 6.72. The third-order valence-electron chi connectivity index (χ3n) is 4.49. The number of benzene rings is 2. The molecule has 9 heteroatoms. The van der Waals surface area contributed by atoms with E-state index in [-0.39, 0.29) is 24.0 Å². The van der Waals surface area contributed by atoms with Crippen LogP contribution in [0.15, 0.2) is 60.8 Å². The molecule has 4 N–H and O–H groups in total. The number of aromatic nitrogens is 2. The molecule has 0 radical (unpaired) electrons. The molecule has 0 spiro atoms. The van der Waals surface area contributed by atoms with Gasteiger partial charge in [0.2, 0.25) is 5.95 Å². The largest absolute Gasteiger partial charge is 0.375 e. The minimum Gasteiger partial charge on any atom is -0.375 e. The average Bonchev–Trinajstić information content (AvgIpc) is 2.78. The molecule has 0 aliphatic heterocycles. The summed E-state index contributed by atoms with van der Waals surface area (Å²) in [7, 11) is 3.14. The van der Waals surface area contributed by atoms with Crippen molar-refractivity contribution in [2.45, 2.75) is 6.54 Å². The number of nitrogens with one attached hydrogen (secondary N) is 2. The van der Waals surface area contributed by atoms with Gasteiger partial charge >= 0.3 is 0 Å². The van der Waals surface area contributed by atoms with Crippen LogP contribution < -0.4 is 21.3 Å². The Bertz CT molecular complexity index is 1060. The predicted molar refractivity (Wildman–Crippen MR) is 119 cm³/mol. The van der Waals surface area contributed by atoms with Crippen molar-refractivity contribution in [3.8, 4) is 0 Å². The first-order valence-corrected chi connectivity index (χ1v) is 9.55. The maximum Gasteiger partial charge on any atom is 0.254 e. The lowest BCUT2D eigenvalue weighted by atomic mass is 10.2. The normalized spacial score (nSPS) is 10.4. The lowest BCUT2D eigenvalue weighted by Gasteiger charge is -2.18. The Kier molecular flexibility index (Phi) is 7.13. The number of nitrogens with two attached hydrogens (primary N) is 1. The number of carbonyl (C=O) groups excluding carboxylic acids is 2. The zero-order valence-corrected chi connectivity index (χ0v) is 17.3. The number of primary amides is 1. The minimum atomic E-state index is -0.623. The Labute approximate surface area is 180 Å². The van der Waals surface area contributed by atoms with Gasteiger partial charge in [0, 0.05) is 38.3 Å². The number of hydrogen-bond acceptors (Lipinski definition) is 7. The molecule has 1 heterocycles. The first kappa shape index (κ1) is 21.7. The number of likely N-dealkylation sites (N-methyl/N-ethyl adjacent to an activating group) is 1. The molecule has 3 aromatic rings. The molecule has 0 unspecified atom stereocenters. The maximum atomic E-state index is 12.1. The lowest BCUT2D eigenvalue weighted by Crippen LogP contribution is -2.29. The smallest absolute Gasteiger partial charge is 0.254 e. The molecule has 0 bridgehead atoms. The SMILES string of the molecule is COCC(=O)N(C)c1cccc(Nc2ncc(C(N)=O)c(NCc3ccccc3)n2)c1. The molecule has 0 saturated heterocycles. The predicted octanol–water partition coefficient (Wildman–Crippen LogP) is 2.54. The highest BCUT2D eigenvalue weighted by atomic mass is 16.5. The molecular formula is C22H24N6O3. The minimum absolute atomic E-state index is 0.0116. The van der Waals surface area contributed by atoms with Crippen molar-refractivity contribution < 1.29 is 14.3 Å². The summed E-state index contributed by atoms with van der Waals surface area (Å²) in [6, 6.07) is 16.9. The summed E-state index contributed by atoms with van der Waals surface area (Å²) in [5.41, 5.74) is 8.05. The third kappa shape index (κ3) is 5.77. The average molecular weight is 420 g/mol. The Morgan fingerprint density at radius 1 is 1.13 bits per heavy atom. The van der Waals surface area contributed by atoms with Crippen LogP contribution in [0.4, 0.5) is 23.1 Å². The van der Waals surface area contributed by atoms with Gasteiger partial charge in [0.05, 0.1) is 5.56 Å². The van der Waals surface area contributed by atoms with Crippen molar-refractivity contribution in [2.75, 3.05) is 36.3 Å². The van der Waals surface area contributed by atoms with Crippen LogP contribution in [-0.2, 0) is 16.1 Å². The fourth-order valence-corrected chi connectivity index (χ4v) is 2.82. The van der Waals surface area contributed by atoms with Gasteiger partial charge < -0.3 is 26.0 Å². The molecule has 0 aliphatic carbocycles. The zero-order chi connectivity index (χ0) is 22.2. The number of carbonyl (C=O) groups is 2. The molecule has 1 aromatic heterocycles. The summed E-state index contributed by atoms with van der Waals surface area (Å²) in [6.07, 6.45) is 1.38. The summed E-state index contributed by atoms with van der Waals surface area (Å²) in [6.45, 7) is 0.460. The van der Waals surface area contributed by atoms with Crippen molar-refractivity contribution in [1.29, 1.82) is 0 Å². The second kappa shape index (κ2) is 10.2. The summed E-state index contributed by atoms with van der Waals surface area (Å²) in [5, 5.41) is 6.23. The molecule has 2 amide bonds. The van der Waals surface area contributed by atoms with Crippen molar-refractivity contribution >= 4 is 35.0 Å². The molecule has 3 rings (SSSR count). The van der Waals surface area contributed by atoms with Gasteiger partial charge in [-0.15, -0.1) is 0 Å². The summed E-state index contributed by atoms with van der Waals surface area (Å²) >= 11 is 0. The molecule has 0 atom stereocenters. The van der Waals surface area contributed by atoms with Crippen LogP contribution in [-0.4, -0.2) is 42.5 Å². The fraction of sp³-hybridized carbons (Fsp3) is 0.182. The molecule has 31 heavy (non-hydrogen) atoms. The van der Waals surface area contributed by atoms with E-state index < -0.39 is 5.91 Å². The summed E-state index contributed by atoms with van der Waals surface area (Å²) in [4.78, 5) is 33.9. The number of nitrogens with zero attached hydrogens (tertiary/aromatic N) is 3. The van der Waals surface area contributed by atoms with Crippen LogP contribution in [0.3, 0.4) is 0 Å². The quantitative estimate of drug-likeness (QED) is 0.486. The van der Waals surface area contributed by atoms with Crippen LogP contribution in [0.2, 0.25) is 0 Å². The summed E-state index contributed by atoms with van der Waals surface area (Å²) < 4.78 is 4.90. The number of amides is 2. The van der Waals surface area contributed by atoms with E-state index in [9.17, 15) is 9.59 Å². The first-order valence-electron chi connectivity index (χ1n) is 9.55. The van der Waals surface area contributed by atoms with E-state index in [4.69, 9.17) is 10.5 Å². The highest BCUT2D eigenvalue weighted by molar-refractivity contribution is 5.97. The first-order chi connectivity index (χ1) is 15.0. The van der Waals surface area contributed by atoms with Gasteiger partial charge in [-0.1, -0.05) is 36.4 Å². The molecule has 0 saturated carbocycles. The van der Waals surface area contributed by atoms with Gasteiger partial charge in [0.25, 0.3) is 11.8 Å². The van der Waals surface area contributed by atoms with Crippen LogP contribution >= 0.6 is 0 Å². The van der Waals surface area contributed by atoms with Crippen molar-refractivity contribution in [3.63, 3.8) is 0 Å². The Morgan fingerprint density at radius 2 is 1.90 bits per heavy atom. The number of hydrogen-bond donors (Lipinski definition) is 3. The van der Waals surface area contributed by atoms with Gasteiger partial charge in [-0.2, -0.15) is 4.98 Å². The topological polar surface area (TPSA) is 122 Å². The van der Waals surface area contributed by atoms with Gasteiger partial charge in [0.1, 0.15) is 12.4 Å². The molecule has 0 fully saturated rings. The number of methoxy groups -OCH3 is 1. The molecule has 0 aliphatic rings. The number of anilines is 4. The standard InChI is InChI=1S/C22H24N6O3/c1-28(19(29)14-31-2)17-10-6-9-16(11-17)26-22-25-13-18(20(23)30)21(27-22)24-12-15-7-4-3-5-8-15/h3-11,13H,12,14H2,1-2H3,(H2,23,30)(H2,24,25,26,27). The molecular weight excluding hydrogens is 396 g/mol. The van der Waals surface area contributed by atoms with Crippen LogP contribution in [0.25, 0.3) is 0 Å². The monoisotopic (exact) mass is 420 g/mol. The highest BCUT2D eigenvalue weighted by Gasteiger charge is 2.14. The third-order valence-corrected chi connectivity index (χ3v) is 4.49. The van der Waals surface area contributed by atoms with Crippen LogP contribution in [0.1, 0.15) is 15.9 Å². The van der Waals surface area contributed by atoms with E-state index in [1.54, 1.807) is 19.2 Å². The van der Waals surface area contributed by atoms with Crippen molar-refractivity contribution in [3.05, 3.63) is 71.9 Å². The van der Waals surface area contributed by atoms with E-state index >= 15 is 0 Å². The van der Waals surface area contributed by atoms with E-state index in [0.29, 0.717) is 23.7 Å². The van der Waals surface area contributed by atoms with Gasteiger partial charge in [-0.25, -0.2) is 4.98 Å². The van der Waals surface area contributed by atoms with Crippen molar-refractivity contribution in [1.82, 2.24) is 9.97 Å². The van der Waals surface area contributed by atoms with Gasteiger partial charge in [0.15, 0.2) is 0 Å². The number of rotatable bonds is 9. The van der Waals surface area contributed by atoms with Crippen LogP contribution in [0.5, 0.6) is 0 Å².